The summed E-state index contributed by atoms with van der Waals surface area (Å²) in [5.41, 5.74) is 1.29. The molecule has 0 aliphatic rings. The van der Waals surface area contributed by atoms with Crippen molar-refractivity contribution in [3.8, 4) is 23.0 Å². The number of hydrogen-bond acceptors (Lipinski definition) is 6. The van der Waals surface area contributed by atoms with Gasteiger partial charge in [0.2, 0.25) is 0 Å². The molecule has 0 aliphatic carbocycles. The first-order valence-corrected chi connectivity index (χ1v) is 7.69. The van der Waals surface area contributed by atoms with Gasteiger partial charge in [-0.1, -0.05) is 5.16 Å². The maximum absolute atomic E-state index is 13.0. The van der Waals surface area contributed by atoms with Crippen molar-refractivity contribution in [1.82, 2.24) is 15.5 Å². The fourth-order valence-corrected chi connectivity index (χ4v) is 2.28. The second-order valence-electron chi connectivity index (χ2n) is 5.29. The Hall–Kier alpha value is -3.42. The van der Waals surface area contributed by atoms with Crippen molar-refractivity contribution in [2.45, 2.75) is 6.54 Å². The third-order valence-corrected chi connectivity index (χ3v) is 3.65. The second-order valence-corrected chi connectivity index (χ2v) is 5.29. The molecule has 0 radical (unpaired) electrons. The van der Waals surface area contributed by atoms with Crippen LogP contribution in [0.5, 0.6) is 11.5 Å². The molecule has 134 valence electrons. The van der Waals surface area contributed by atoms with E-state index in [1.165, 1.54) is 31.4 Å². The number of nitrogens with one attached hydrogen (secondary N) is 1. The van der Waals surface area contributed by atoms with Crippen LogP contribution >= 0.6 is 0 Å². The lowest BCUT2D eigenvalue weighted by molar-refractivity contribution is 0.0937. The second kappa shape index (κ2) is 7.64. The first kappa shape index (κ1) is 17.4. The summed E-state index contributed by atoms with van der Waals surface area (Å²) in [6.07, 6.45) is 0. The first-order chi connectivity index (χ1) is 12.6. The van der Waals surface area contributed by atoms with E-state index >= 15 is 0 Å². The minimum atomic E-state index is -0.500. The van der Waals surface area contributed by atoms with Crippen LogP contribution in [0, 0.1) is 5.82 Å². The lowest BCUT2D eigenvalue weighted by Crippen LogP contribution is -2.24. The smallest absolute Gasteiger partial charge is 0.292 e. The molecular formula is C18H16FN3O4. The number of ether oxygens (including phenoxy) is 2. The zero-order chi connectivity index (χ0) is 18.5. The van der Waals surface area contributed by atoms with Gasteiger partial charge in [-0.2, -0.15) is 4.98 Å². The Bertz CT molecular complexity index is 909. The summed E-state index contributed by atoms with van der Waals surface area (Å²) < 4.78 is 28.4. The van der Waals surface area contributed by atoms with Gasteiger partial charge in [-0.05, 0) is 36.4 Å². The molecule has 0 saturated heterocycles. The minimum absolute atomic E-state index is 0.114. The van der Waals surface area contributed by atoms with Crippen LogP contribution < -0.4 is 14.8 Å². The van der Waals surface area contributed by atoms with Crippen LogP contribution in [0.1, 0.15) is 16.2 Å². The monoisotopic (exact) mass is 357 g/mol. The van der Waals surface area contributed by atoms with Gasteiger partial charge in [0.25, 0.3) is 17.6 Å². The predicted octanol–water partition coefficient (Wildman–Crippen LogP) is 2.82. The number of amides is 1. The van der Waals surface area contributed by atoms with Crippen LogP contribution in [0.3, 0.4) is 0 Å². The van der Waals surface area contributed by atoms with E-state index in [-0.39, 0.29) is 24.1 Å². The Kier molecular flexibility index (Phi) is 5.12. The van der Waals surface area contributed by atoms with Gasteiger partial charge in [-0.25, -0.2) is 4.39 Å². The van der Waals surface area contributed by atoms with Gasteiger partial charge in [0, 0.05) is 23.7 Å². The summed E-state index contributed by atoms with van der Waals surface area (Å²) in [6, 6.07) is 10.8. The Morgan fingerprint density at radius 2 is 1.92 bits per heavy atom. The highest BCUT2D eigenvalue weighted by molar-refractivity contribution is 5.90. The molecule has 0 saturated carbocycles. The fourth-order valence-electron chi connectivity index (χ4n) is 2.28. The van der Waals surface area contributed by atoms with Crippen molar-refractivity contribution in [1.29, 1.82) is 0 Å². The molecule has 3 aromatic rings. The topological polar surface area (TPSA) is 86.5 Å². The quantitative estimate of drug-likeness (QED) is 0.730. The van der Waals surface area contributed by atoms with E-state index in [1.54, 1.807) is 25.3 Å². The highest BCUT2D eigenvalue weighted by Gasteiger charge is 2.16. The van der Waals surface area contributed by atoms with E-state index in [1.807, 2.05) is 0 Å². The van der Waals surface area contributed by atoms with Crippen molar-refractivity contribution in [2.75, 3.05) is 14.2 Å². The molecule has 26 heavy (non-hydrogen) atoms. The number of aromatic nitrogens is 2. The van der Waals surface area contributed by atoms with E-state index in [4.69, 9.17) is 14.0 Å². The summed E-state index contributed by atoms with van der Waals surface area (Å²) in [4.78, 5) is 16.2. The van der Waals surface area contributed by atoms with Gasteiger partial charge in [0.1, 0.15) is 17.3 Å². The molecule has 0 aliphatic heterocycles. The maximum atomic E-state index is 13.0. The zero-order valence-electron chi connectivity index (χ0n) is 14.2. The van der Waals surface area contributed by atoms with Gasteiger partial charge in [0.15, 0.2) is 0 Å². The minimum Gasteiger partial charge on any atom is -0.497 e. The maximum Gasteiger partial charge on any atom is 0.292 e. The Morgan fingerprint density at radius 1 is 1.15 bits per heavy atom. The van der Waals surface area contributed by atoms with E-state index in [0.29, 0.717) is 17.1 Å². The molecular weight excluding hydrogens is 341 g/mol. The Morgan fingerprint density at radius 3 is 2.62 bits per heavy atom. The lowest BCUT2D eigenvalue weighted by atomic mass is 10.2. The third kappa shape index (κ3) is 3.80. The van der Waals surface area contributed by atoms with Crippen LogP contribution in [0.15, 0.2) is 47.0 Å². The average Bonchev–Trinajstić information content (AvgIpc) is 3.16. The summed E-state index contributed by atoms with van der Waals surface area (Å²) in [6.45, 7) is 0.215. The van der Waals surface area contributed by atoms with Gasteiger partial charge in [-0.3, -0.25) is 4.79 Å². The average molecular weight is 357 g/mol. The molecule has 0 fully saturated rings. The van der Waals surface area contributed by atoms with Crippen LogP contribution in [-0.4, -0.2) is 30.3 Å². The van der Waals surface area contributed by atoms with Gasteiger partial charge < -0.3 is 19.3 Å². The molecule has 1 heterocycles. The van der Waals surface area contributed by atoms with E-state index in [2.05, 4.69) is 15.5 Å². The van der Waals surface area contributed by atoms with Gasteiger partial charge in [0.05, 0.1) is 14.2 Å². The molecule has 1 aromatic heterocycles. The Labute approximate surface area is 148 Å². The summed E-state index contributed by atoms with van der Waals surface area (Å²) in [5.74, 6) is 0.387. The normalized spacial score (nSPS) is 10.4. The van der Waals surface area contributed by atoms with E-state index in [0.717, 1.165) is 5.56 Å². The Balaban J connectivity index is 1.68. The molecule has 0 bridgehead atoms. The largest absolute Gasteiger partial charge is 0.497 e. The van der Waals surface area contributed by atoms with Crippen molar-refractivity contribution in [3.05, 3.63) is 59.7 Å². The molecule has 8 heteroatoms. The molecule has 3 rings (SSSR count). The number of carbonyl (C=O) groups excluding carboxylic acids is 1. The molecule has 2 aromatic carbocycles. The van der Waals surface area contributed by atoms with Crippen molar-refractivity contribution in [3.63, 3.8) is 0 Å². The summed E-state index contributed by atoms with van der Waals surface area (Å²) in [5, 5.41) is 6.35. The number of carbonyl (C=O) groups is 1. The van der Waals surface area contributed by atoms with Crippen molar-refractivity contribution >= 4 is 5.91 Å². The van der Waals surface area contributed by atoms with Crippen LogP contribution in [-0.2, 0) is 6.54 Å². The standard InChI is InChI=1S/C18H16FN3O4/c1-24-14-8-5-12(15(9-14)25-2)10-20-17(23)16-21-18(26-22-16)11-3-6-13(19)7-4-11/h3-9H,10H2,1-2H3,(H,20,23). The van der Waals surface area contributed by atoms with Gasteiger partial charge >= 0.3 is 0 Å². The highest BCUT2D eigenvalue weighted by atomic mass is 19.1. The van der Waals surface area contributed by atoms with E-state index < -0.39 is 5.91 Å². The van der Waals surface area contributed by atoms with Gasteiger partial charge in [-0.15, -0.1) is 0 Å². The van der Waals surface area contributed by atoms with Crippen LogP contribution in [0.25, 0.3) is 11.5 Å². The molecule has 1 amide bonds. The zero-order valence-corrected chi connectivity index (χ0v) is 14.2. The van der Waals surface area contributed by atoms with Crippen molar-refractivity contribution in [2.24, 2.45) is 0 Å². The van der Waals surface area contributed by atoms with Crippen LogP contribution in [0.4, 0.5) is 4.39 Å². The number of halogens is 1. The van der Waals surface area contributed by atoms with E-state index in [9.17, 15) is 9.18 Å². The number of benzene rings is 2. The first-order valence-electron chi connectivity index (χ1n) is 7.69. The highest BCUT2D eigenvalue weighted by Crippen LogP contribution is 2.24. The molecule has 1 N–H and O–H groups in total. The predicted molar refractivity (Wildman–Crippen MR) is 90.4 cm³/mol. The SMILES string of the molecule is COc1ccc(CNC(=O)c2noc(-c3ccc(F)cc3)n2)c(OC)c1. The number of hydrogen-bond donors (Lipinski definition) is 1. The number of methoxy groups -OCH3 is 2. The summed E-state index contributed by atoms with van der Waals surface area (Å²) >= 11 is 0. The lowest BCUT2D eigenvalue weighted by Gasteiger charge is -2.10. The molecule has 7 nitrogen and oxygen atoms in total. The molecule has 0 spiro atoms. The number of nitrogens with zero attached hydrogens (tertiary/aromatic N) is 2. The fraction of sp³-hybridized carbons (Fsp3) is 0.167. The van der Waals surface area contributed by atoms with Crippen molar-refractivity contribution < 1.29 is 23.2 Å². The summed E-state index contributed by atoms with van der Waals surface area (Å²) in [7, 11) is 3.10. The van der Waals surface area contributed by atoms with Crippen LogP contribution in [0.2, 0.25) is 0 Å². The number of rotatable bonds is 6. The molecule has 0 unspecified atom stereocenters. The third-order valence-electron chi connectivity index (χ3n) is 3.65. The molecule has 0 atom stereocenters.